The number of aromatic amines is 1. The number of benzene rings is 1. The second-order valence-electron chi connectivity index (χ2n) is 4.46. The molecule has 1 aromatic carbocycles. The minimum Gasteiger partial charge on any atom is -0.322 e. The second kappa shape index (κ2) is 5.67. The summed E-state index contributed by atoms with van der Waals surface area (Å²) >= 11 is 0. The largest absolute Gasteiger partial charge is 0.322 e. The average molecular weight is 258 g/mol. The maximum absolute atomic E-state index is 12.2. The standard InChI is InChI=1S/C14H18N4O/c1-9(15-3)11-6-4-5-7-13(11)17-14(19)12-8-16-18-10(12)2/h4-9,15H,1-3H3,(H,16,18)(H,17,19). The Morgan fingerprint density at radius 1 is 1.37 bits per heavy atom. The summed E-state index contributed by atoms with van der Waals surface area (Å²) in [6, 6.07) is 7.93. The average Bonchev–Trinajstić information content (AvgIpc) is 2.85. The SMILES string of the molecule is CNC(C)c1ccccc1NC(=O)c1cn[nH]c1C. The Labute approximate surface area is 112 Å². The number of aryl methyl sites for hydroxylation is 1. The first-order valence-corrected chi connectivity index (χ1v) is 6.21. The zero-order valence-electron chi connectivity index (χ0n) is 11.3. The molecule has 1 unspecified atom stereocenters. The molecule has 5 heteroatoms. The number of nitrogens with zero attached hydrogens (tertiary/aromatic N) is 1. The molecule has 1 aromatic heterocycles. The summed E-state index contributed by atoms with van der Waals surface area (Å²) in [6.07, 6.45) is 1.54. The van der Waals surface area contributed by atoms with Gasteiger partial charge in [-0.05, 0) is 32.5 Å². The Balaban J connectivity index is 2.24. The Kier molecular flexibility index (Phi) is 3.97. The third-order valence-corrected chi connectivity index (χ3v) is 3.18. The van der Waals surface area contributed by atoms with Crippen LogP contribution in [0.3, 0.4) is 0 Å². The van der Waals surface area contributed by atoms with E-state index >= 15 is 0 Å². The second-order valence-corrected chi connectivity index (χ2v) is 4.46. The zero-order chi connectivity index (χ0) is 13.8. The van der Waals surface area contributed by atoms with Gasteiger partial charge >= 0.3 is 0 Å². The number of hydrogen-bond acceptors (Lipinski definition) is 3. The van der Waals surface area contributed by atoms with E-state index in [1.807, 2.05) is 45.2 Å². The van der Waals surface area contributed by atoms with Crippen LogP contribution in [0.15, 0.2) is 30.5 Å². The zero-order valence-corrected chi connectivity index (χ0v) is 11.3. The number of anilines is 1. The molecule has 1 heterocycles. The normalized spacial score (nSPS) is 12.2. The first kappa shape index (κ1) is 13.3. The quantitative estimate of drug-likeness (QED) is 0.787. The van der Waals surface area contributed by atoms with Crippen LogP contribution in [-0.2, 0) is 0 Å². The van der Waals surface area contributed by atoms with Gasteiger partial charge in [-0.2, -0.15) is 5.10 Å². The predicted molar refractivity (Wildman–Crippen MR) is 75.2 cm³/mol. The summed E-state index contributed by atoms with van der Waals surface area (Å²) in [4.78, 5) is 12.2. The van der Waals surface area contributed by atoms with E-state index in [1.54, 1.807) is 0 Å². The lowest BCUT2D eigenvalue weighted by molar-refractivity contribution is 0.102. The van der Waals surface area contributed by atoms with E-state index in [9.17, 15) is 4.79 Å². The van der Waals surface area contributed by atoms with Crippen LogP contribution in [0.2, 0.25) is 0 Å². The molecule has 100 valence electrons. The number of rotatable bonds is 4. The van der Waals surface area contributed by atoms with Gasteiger partial charge in [-0.25, -0.2) is 0 Å². The van der Waals surface area contributed by atoms with Crippen LogP contribution in [0, 0.1) is 6.92 Å². The molecular weight excluding hydrogens is 240 g/mol. The van der Waals surface area contributed by atoms with Gasteiger partial charge in [-0.3, -0.25) is 9.89 Å². The van der Waals surface area contributed by atoms with Crippen molar-refractivity contribution in [1.29, 1.82) is 0 Å². The van der Waals surface area contributed by atoms with Gasteiger partial charge in [0.05, 0.1) is 11.8 Å². The fourth-order valence-corrected chi connectivity index (χ4v) is 1.91. The Hall–Kier alpha value is -2.14. The predicted octanol–water partition coefficient (Wildman–Crippen LogP) is 2.25. The van der Waals surface area contributed by atoms with Gasteiger partial charge < -0.3 is 10.6 Å². The molecule has 0 radical (unpaired) electrons. The van der Waals surface area contributed by atoms with Gasteiger partial charge in [0.2, 0.25) is 0 Å². The van der Waals surface area contributed by atoms with E-state index in [4.69, 9.17) is 0 Å². The summed E-state index contributed by atoms with van der Waals surface area (Å²) in [5.74, 6) is -0.151. The number of amides is 1. The molecule has 2 rings (SSSR count). The van der Waals surface area contributed by atoms with Crippen LogP contribution in [0.25, 0.3) is 0 Å². The summed E-state index contributed by atoms with van der Waals surface area (Å²) in [5, 5.41) is 12.7. The fourth-order valence-electron chi connectivity index (χ4n) is 1.91. The smallest absolute Gasteiger partial charge is 0.259 e. The van der Waals surface area contributed by atoms with Crippen molar-refractivity contribution >= 4 is 11.6 Å². The number of carbonyl (C=O) groups excluding carboxylic acids is 1. The highest BCUT2D eigenvalue weighted by atomic mass is 16.1. The molecule has 0 fully saturated rings. The molecule has 5 nitrogen and oxygen atoms in total. The molecule has 0 saturated carbocycles. The van der Waals surface area contributed by atoms with Gasteiger partial charge in [-0.15, -0.1) is 0 Å². The lowest BCUT2D eigenvalue weighted by Crippen LogP contribution is -2.18. The Morgan fingerprint density at radius 3 is 2.74 bits per heavy atom. The molecule has 0 aliphatic carbocycles. The van der Waals surface area contributed by atoms with Crippen LogP contribution in [0.4, 0.5) is 5.69 Å². The maximum Gasteiger partial charge on any atom is 0.259 e. The van der Waals surface area contributed by atoms with Crippen LogP contribution in [0.5, 0.6) is 0 Å². The van der Waals surface area contributed by atoms with Gasteiger partial charge in [0, 0.05) is 17.4 Å². The van der Waals surface area contributed by atoms with Crippen molar-refractivity contribution in [2.24, 2.45) is 0 Å². The van der Waals surface area contributed by atoms with Crippen molar-refractivity contribution in [3.63, 3.8) is 0 Å². The minimum atomic E-state index is -0.151. The number of hydrogen-bond donors (Lipinski definition) is 3. The topological polar surface area (TPSA) is 69.8 Å². The van der Waals surface area contributed by atoms with Crippen LogP contribution >= 0.6 is 0 Å². The van der Waals surface area contributed by atoms with E-state index < -0.39 is 0 Å². The highest BCUT2D eigenvalue weighted by molar-refractivity contribution is 6.05. The van der Waals surface area contributed by atoms with Crippen LogP contribution in [-0.4, -0.2) is 23.2 Å². The van der Waals surface area contributed by atoms with Crippen molar-refractivity contribution in [3.05, 3.63) is 47.3 Å². The highest BCUT2D eigenvalue weighted by Gasteiger charge is 2.14. The number of aromatic nitrogens is 2. The van der Waals surface area contributed by atoms with E-state index in [1.165, 1.54) is 6.20 Å². The number of para-hydroxylation sites is 1. The van der Waals surface area contributed by atoms with Gasteiger partial charge in [0.15, 0.2) is 0 Å². The molecule has 0 spiro atoms. The van der Waals surface area contributed by atoms with Gasteiger partial charge in [-0.1, -0.05) is 18.2 Å². The van der Waals surface area contributed by atoms with Crippen LogP contribution < -0.4 is 10.6 Å². The van der Waals surface area contributed by atoms with E-state index in [0.717, 1.165) is 16.9 Å². The molecule has 0 aliphatic heterocycles. The van der Waals surface area contributed by atoms with Crippen molar-refractivity contribution in [1.82, 2.24) is 15.5 Å². The van der Waals surface area contributed by atoms with Crippen molar-refractivity contribution in [3.8, 4) is 0 Å². The molecule has 0 aliphatic rings. The van der Waals surface area contributed by atoms with Gasteiger partial charge in [0.1, 0.15) is 0 Å². The first-order chi connectivity index (χ1) is 9.13. The first-order valence-electron chi connectivity index (χ1n) is 6.21. The third-order valence-electron chi connectivity index (χ3n) is 3.18. The van der Waals surface area contributed by atoms with Crippen molar-refractivity contribution in [2.45, 2.75) is 19.9 Å². The molecule has 1 atom stereocenters. The highest BCUT2D eigenvalue weighted by Crippen LogP contribution is 2.22. The molecular formula is C14H18N4O. The maximum atomic E-state index is 12.2. The van der Waals surface area contributed by atoms with E-state index in [0.29, 0.717) is 5.56 Å². The Bertz CT molecular complexity index is 576. The number of carbonyl (C=O) groups is 1. The number of H-pyrrole nitrogens is 1. The third kappa shape index (κ3) is 2.82. The summed E-state index contributed by atoms with van der Waals surface area (Å²) in [5.41, 5.74) is 3.19. The molecule has 0 saturated heterocycles. The van der Waals surface area contributed by atoms with Gasteiger partial charge in [0.25, 0.3) is 5.91 Å². The molecule has 2 aromatic rings. The minimum absolute atomic E-state index is 0.151. The molecule has 3 N–H and O–H groups in total. The molecule has 1 amide bonds. The lowest BCUT2D eigenvalue weighted by Gasteiger charge is -2.16. The van der Waals surface area contributed by atoms with Crippen molar-refractivity contribution in [2.75, 3.05) is 12.4 Å². The van der Waals surface area contributed by atoms with E-state index in [-0.39, 0.29) is 11.9 Å². The fraction of sp³-hybridized carbons (Fsp3) is 0.286. The van der Waals surface area contributed by atoms with E-state index in [2.05, 4.69) is 20.8 Å². The van der Waals surface area contributed by atoms with Crippen LogP contribution in [0.1, 0.15) is 34.6 Å². The summed E-state index contributed by atoms with van der Waals surface area (Å²) < 4.78 is 0. The molecule has 19 heavy (non-hydrogen) atoms. The monoisotopic (exact) mass is 258 g/mol. The number of nitrogens with one attached hydrogen (secondary N) is 3. The molecule has 0 bridgehead atoms. The van der Waals surface area contributed by atoms with Crippen molar-refractivity contribution < 1.29 is 4.79 Å². The summed E-state index contributed by atoms with van der Waals surface area (Å²) in [6.45, 7) is 3.87. The summed E-state index contributed by atoms with van der Waals surface area (Å²) in [7, 11) is 1.89. The lowest BCUT2D eigenvalue weighted by atomic mass is 10.1. The Morgan fingerprint density at radius 2 is 2.11 bits per heavy atom.